The number of hydrogen-bond acceptors (Lipinski definition) is 6. The van der Waals surface area contributed by atoms with Gasteiger partial charge < -0.3 is 29.1 Å². The summed E-state index contributed by atoms with van der Waals surface area (Å²) in [5, 5.41) is 2.83. The summed E-state index contributed by atoms with van der Waals surface area (Å²) in [5.74, 6) is 0.00115. The molecule has 27 heavy (non-hydrogen) atoms. The Bertz CT molecular complexity index is 340. The molecule has 1 atom stereocenters. The van der Waals surface area contributed by atoms with Gasteiger partial charge in [0.2, 0.25) is 5.91 Å². The van der Waals surface area contributed by atoms with Crippen molar-refractivity contribution in [2.45, 2.75) is 52.4 Å². The standard InChI is InChI=1S/C20H39NO6/c1-3-5-6-19(18-22)7-9-21-20(23)8-11-25-13-15-27-17-16-26-14-12-24-10-4-2/h18-19H,3-17H2,1-2H3,(H,21,23). The van der Waals surface area contributed by atoms with Crippen LogP contribution in [0.15, 0.2) is 0 Å². The lowest BCUT2D eigenvalue weighted by Gasteiger charge is -2.10. The molecule has 0 saturated heterocycles. The van der Waals surface area contributed by atoms with Gasteiger partial charge in [-0.1, -0.05) is 26.7 Å². The first-order valence-electron chi connectivity index (χ1n) is 10.3. The van der Waals surface area contributed by atoms with Crippen LogP contribution in [-0.2, 0) is 28.5 Å². The van der Waals surface area contributed by atoms with E-state index in [1.807, 2.05) is 0 Å². The third kappa shape index (κ3) is 19.5. The molecule has 0 aromatic rings. The summed E-state index contributed by atoms with van der Waals surface area (Å²) < 4.78 is 21.4. The molecular weight excluding hydrogens is 350 g/mol. The molecule has 1 unspecified atom stereocenters. The van der Waals surface area contributed by atoms with Crippen molar-refractivity contribution in [3.63, 3.8) is 0 Å². The van der Waals surface area contributed by atoms with E-state index in [1.54, 1.807) is 0 Å². The molecule has 7 heteroatoms. The number of carbonyl (C=O) groups is 2. The first kappa shape index (κ1) is 26.0. The minimum absolute atomic E-state index is 0.0465. The molecule has 0 spiro atoms. The van der Waals surface area contributed by atoms with Crippen molar-refractivity contribution in [2.24, 2.45) is 5.92 Å². The Morgan fingerprint density at radius 3 is 1.89 bits per heavy atom. The Balaban J connectivity index is 3.30. The summed E-state index contributed by atoms with van der Waals surface area (Å²) in [6.45, 7) is 9.06. The van der Waals surface area contributed by atoms with Crippen molar-refractivity contribution in [2.75, 3.05) is 59.4 Å². The summed E-state index contributed by atoms with van der Waals surface area (Å²) in [6.07, 6.45) is 6.07. The molecule has 0 saturated carbocycles. The van der Waals surface area contributed by atoms with E-state index in [2.05, 4.69) is 19.2 Å². The van der Waals surface area contributed by atoms with Crippen LogP contribution in [0.4, 0.5) is 0 Å². The third-order valence-corrected chi connectivity index (χ3v) is 3.90. The monoisotopic (exact) mass is 389 g/mol. The fourth-order valence-corrected chi connectivity index (χ4v) is 2.30. The molecule has 0 radical (unpaired) electrons. The zero-order valence-electron chi connectivity index (χ0n) is 17.2. The molecule has 0 aliphatic carbocycles. The molecule has 0 fully saturated rings. The van der Waals surface area contributed by atoms with Crippen LogP contribution in [0.25, 0.3) is 0 Å². The minimum atomic E-state index is -0.0465. The van der Waals surface area contributed by atoms with E-state index in [0.29, 0.717) is 65.6 Å². The Hall–Kier alpha value is -1.02. The predicted octanol–water partition coefficient (Wildman–Crippen LogP) is 2.36. The number of hydrogen-bond donors (Lipinski definition) is 1. The molecule has 0 aliphatic rings. The average molecular weight is 390 g/mol. The van der Waals surface area contributed by atoms with Crippen molar-refractivity contribution in [1.82, 2.24) is 5.32 Å². The van der Waals surface area contributed by atoms with Gasteiger partial charge in [0, 0.05) is 25.5 Å². The van der Waals surface area contributed by atoms with E-state index in [9.17, 15) is 9.59 Å². The van der Waals surface area contributed by atoms with Crippen LogP contribution < -0.4 is 5.32 Å². The third-order valence-electron chi connectivity index (χ3n) is 3.90. The second-order valence-electron chi connectivity index (χ2n) is 6.38. The second-order valence-corrected chi connectivity index (χ2v) is 6.38. The Morgan fingerprint density at radius 1 is 0.815 bits per heavy atom. The van der Waals surface area contributed by atoms with E-state index in [4.69, 9.17) is 18.9 Å². The molecule has 0 aliphatic heterocycles. The zero-order chi connectivity index (χ0) is 20.0. The molecule has 1 amide bonds. The highest BCUT2D eigenvalue weighted by Gasteiger charge is 2.07. The van der Waals surface area contributed by atoms with Gasteiger partial charge in [0.15, 0.2) is 0 Å². The van der Waals surface area contributed by atoms with Gasteiger partial charge in [0.25, 0.3) is 0 Å². The van der Waals surface area contributed by atoms with Crippen molar-refractivity contribution in [3.8, 4) is 0 Å². The first-order chi connectivity index (χ1) is 13.2. The fraction of sp³-hybridized carbons (Fsp3) is 0.900. The van der Waals surface area contributed by atoms with Crippen LogP contribution in [0.2, 0.25) is 0 Å². The van der Waals surface area contributed by atoms with Gasteiger partial charge in [0.05, 0.1) is 46.2 Å². The van der Waals surface area contributed by atoms with E-state index in [0.717, 1.165) is 38.6 Å². The van der Waals surface area contributed by atoms with Crippen LogP contribution in [-0.4, -0.2) is 71.6 Å². The SMILES string of the molecule is CCCCC(C=O)CCNC(=O)CCOCCOCCOCCOCCC. The van der Waals surface area contributed by atoms with Gasteiger partial charge in [0.1, 0.15) is 6.29 Å². The van der Waals surface area contributed by atoms with Crippen molar-refractivity contribution in [1.29, 1.82) is 0 Å². The highest BCUT2D eigenvalue weighted by molar-refractivity contribution is 5.75. The number of ether oxygens (including phenoxy) is 4. The van der Waals surface area contributed by atoms with Gasteiger partial charge in [-0.05, 0) is 19.3 Å². The Morgan fingerprint density at radius 2 is 1.37 bits per heavy atom. The maximum absolute atomic E-state index is 11.7. The smallest absolute Gasteiger partial charge is 0.222 e. The van der Waals surface area contributed by atoms with Gasteiger partial charge in [-0.2, -0.15) is 0 Å². The highest BCUT2D eigenvalue weighted by atomic mass is 16.6. The summed E-state index contributed by atoms with van der Waals surface area (Å²) in [4.78, 5) is 22.6. The van der Waals surface area contributed by atoms with Crippen LogP contribution >= 0.6 is 0 Å². The Kier molecular flexibility index (Phi) is 20.5. The quantitative estimate of drug-likeness (QED) is 0.240. The zero-order valence-corrected chi connectivity index (χ0v) is 17.2. The minimum Gasteiger partial charge on any atom is -0.379 e. The van der Waals surface area contributed by atoms with Crippen molar-refractivity contribution >= 4 is 12.2 Å². The van der Waals surface area contributed by atoms with Crippen LogP contribution in [0.5, 0.6) is 0 Å². The van der Waals surface area contributed by atoms with E-state index >= 15 is 0 Å². The van der Waals surface area contributed by atoms with Crippen LogP contribution in [0.3, 0.4) is 0 Å². The largest absolute Gasteiger partial charge is 0.379 e. The normalized spacial score (nSPS) is 12.1. The molecule has 1 N–H and O–H groups in total. The number of carbonyl (C=O) groups excluding carboxylic acids is 2. The van der Waals surface area contributed by atoms with Crippen molar-refractivity contribution in [3.05, 3.63) is 0 Å². The molecule has 0 aromatic carbocycles. The van der Waals surface area contributed by atoms with Gasteiger partial charge >= 0.3 is 0 Å². The van der Waals surface area contributed by atoms with Gasteiger partial charge in [-0.3, -0.25) is 4.79 Å². The van der Waals surface area contributed by atoms with Crippen molar-refractivity contribution < 1.29 is 28.5 Å². The topological polar surface area (TPSA) is 83.1 Å². The highest BCUT2D eigenvalue weighted by Crippen LogP contribution is 2.09. The fourth-order valence-electron chi connectivity index (χ4n) is 2.30. The van der Waals surface area contributed by atoms with E-state index in [1.165, 1.54) is 0 Å². The lowest BCUT2D eigenvalue weighted by Crippen LogP contribution is -2.27. The van der Waals surface area contributed by atoms with Crippen LogP contribution in [0, 0.1) is 5.92 Å². The van der Waals surface area contributed by atoms with E-state index in [-0.39, 0.29) is 11.8 Å². The maximum Gasteiger partial charge on any atom is 0.222 e. The lowest BCUT2D eigenvalue weighted by molar-refractivity contribution is -0.122. The molecular formula is C20H39NO6. The summed E-state index contributed by atoms with van der Waals surface area (Å²) in [6, 6.07) is 0. The summed E-state index contributed by atoms with van der Waals surface area (Å²) >= 11 is 0. The molecule has 0 bridgehead atoms. The predicted molar refractivity (Wildman–Crippen MR) is 105 cm³/mol. The number of unbranched alkanes of at least 4 members (excludes halogenated alkanes) is 1. The maximum atomic E-state index is 11.7. The molecule has 0 aromatic heterocycles. The molecule has 0 heterocycles. The number of nitrogens with one attached hydrogen (secondary N) is 1. The number of amides is 1. The molecule has 7 nitrogen and oxygen atoms in total. The van der Waals surface area contributed by atoms with Crippen LogP contribution in [0.1, 0.15) is 52.4 Å². The first-order valence-corrected chi connectivity index (χ1v) is 10.3. The average Bonchev–Trinajstić information content (AvgIpc) is 2.68. The van der Waals surface area contributed by atoms with Gasteiger partial charge in [-0.15, -0.1) is 0 Å². The Labute approximate surface area is 164 Å². The summed E-state index contributed by atoms with van der Waals surface area (Å²) in [7, 11) is 0. The summed E-state index contributed by atoms with van der Waals surface area (Å²) in [5.41, 5.74) is 0. The molecule has 0 rings (SSSR count). The number of rotatable bonds is 21. The second kappa shape index (κ2) is 21.3. The van der Waals surface area contributed by atoms with Gasteiger partial charge in [-0.25, -0.2) is 0 Å². The lowest BCUT2D eigenvalue weighted by atomic mass is 10.0. The van der Waals surface area contributed by atoms with E-state index < -0.39 is 0 Å². The molecule has 160 valence electrons. The number of aldehydes is 1.